The zero-order valence-electron chi connectivity index (χ0n) is 17.6. The van der Waals surface area contributed by atoms with Gasteiger partial charge in [-0.15, -0.1) is 0 Å². The molecule has 2 aromatic carbocycles. The summed E-state index contributed by atoms with van der Waals surface area (Å²) in [6.45, 7) is 5.17. The van der Waals surface area contributed by atoms with Crippen LogP contribution >= 0.6 is 11.6 Å². The summed E-state index contributed by atoms with van der Waals surface area (Å²) in [5.74, 6) is 0.700. The third-order valence-electron chi connectivity index (χ3n) is 5.63. The molecule has 6 nitrogen and oxygen atoms in total. The second kappa shape index (κ2) is 9.39. The van der Waals surface area contributed by atoms with Crippen LogP contribution in [0.5, 0.6) is 5.75 Å². The number of rotatable bonds is 5. The lowest BCUT2D eigenvalue weighted by Gasteiger charge is -2.39. The molecule has 3 amide bonds. The number of nitrogens with zero attached hydrogens (tertiary/aromatic N) is 1. The number of nitrogens with one attached hydrogen (secondary N) is 2. The Bertz CT molecular complexity index is 934. The maximum absolute atomic E-state index is 13.0. The molecule has 0 radical (unpaired) electrons. The lowest BCUT2D eigenvalue weighted by molar-refractivity contribution is -0.132. The van der Waals surface area contributed by atoms with Crippen LogP contribution in [0.15, 0.2) is 42.5 Å². The van der Waals surface area contributed by atoms with Gasteiger partial charge in [-0.1, -0.05) is 29.8 Å². The normalized spacial score (nSPS) is 18.6. The van der Waals surface area contributed by atoms with Crippen LogP contribution in [-0.2, 0) is 11.3 Å². The number of carbonyl (C=O) groups is 2. The summed E-state index contributed by atoms with van der Waals surface area (Å²) in [6, 6.07) is 12.8. The van der Waals surface area contributed by atoms with Gasteiger partial charge in [0.1, 0.15) is 5.75 Å². The topological polar surface area (TPSA) is 70.7 Å². The summed E-state index contributed by atoms with van der Waals surface area (Å²) in [5, 5.41) is 6.55. The Kier molecular flexibility index (Phi) is 6.87. The largest absolute Gasteiger partial charge is 0.497 e. The predicted octanol–water partition coefficient (Wildman–Crippen LogP) is 4.61. The van der Waals surface area contributed by atoms with Crippen molar-refractivity contribution in [2.24, 2.45) is 5.41 Å². The number of anilines is 1. The van der Waals surface area contributed by atoms with Gasteiger partial charge in [0.15, 0.2) is 0 Å². The molecule has 1 aliphatic rings. The highest BCUT2D eigenvalue weighted by atomic mass is 35.5. The van der Waals surface area contributed by atoms with E-state index in [0.717, 1.165) is 29.7 Å². The first-order chi connectivity index (χ1) is 14.3. The van der Waals surface area contributed by atoms with E-state index >= 15 is 0 Å². The van der Waals surface area contributed by atoms with Gasteiger partial charge in [0.2, 0.25) is 5.91 Å². The Morgan fingerprint density at radius 3 is 2.77 bits per heavy atom. The zero-order valence-corrected chi connectivity index (χ0v) is 18.4. The number of benzene rings is 2. The first-order valence-electron chi connectivity index (χ1n) is 10.0. The number of hydrogen-bond donors (Lipinski definition) is 2. The molecule has 1 saturated heterocycles. The number of hydrogen-bond acceptors (Lipinski definition) is 3. The number of methoxy groups -OCH3 is 1. The summed E-state index contributed by atoms with van der Waals surface area (Å²) in [6.07, 6.45) is 1.50. The van der Waals surface area contributed by atoms with Crippen molar-refractivity contribution in [2.45, 2.75) is 33.2 Å². The van der Waals surface area contributed by atoms with Crippen LogP contribution in [0, 0.1) is 12.3 Å². The molecule has 1 fully saturated rings. The van der Waals surface area contributed by atoms with E-state index in [-0.39, 0.29) is 11.9 Å². The Morgan fingerprint density at radius 1 is 1.23 bits per heavy atom. The van der Waals surface area contributed by atoms with Gasteiger partial charge >= 0.3 is 6.03 Å². The van der Waals surface area contributed by atoms with E-state index in [1.54, 1.807) is 24.1 Å². The van der Waals surface area contributed by atoms with E-state index in [1.807, 2.05) is 44.2 Å². The molecule has 30 heavy (non-hydrogen) atoms. The van der Waals surface area contributed by atoms with Crippen LogP contribution < -0.4 is 15.4 Å². The van der Waals surface area contributed by atoms with E-state index < -0.39 is 5.41 Å². The molecular weight excluding hydrogens is 402 g/mol. The lowest BCUT2D eigenvalue weighted by Crippen LogP contribution is -2.52. The van der Waals surface area contributed by atoms with Crippen molar-refractivity contribution in [3.8, 4) is 5.75 Å². The van der Waals surface area contributed by atoms with Crippen LogP contribution in [0.4, 0.5) is 10.5 Å². The van der Waals surface area contributed by atoms with Crippen LogP contribution in [0.3, 0.4) is 0 Å². The molecule has 0 spiro atoms. The monoisotopic (exact) mass is 429 g/mol. The highest BCUT2D eigenvalue weighted by Crippen LogP contribution is 2.31. The molecule has 0 aliphatic carbocycles. The molecular formula is C23H28ClN3O3. The van der Waals surface area contributed by atoms with Crippen LogP contribution in [-0.4, -0.2) is 37.0 Å². The Labute approximate surface area is 182 Å². The van der Waals surface area contributed by atoms with E-state index in [0.29, 0.717) is 30.3 Å². The summed E-state index contributed by atoms with van der Waals surface area (Å²) < 4.78 is 5.23. The van der Waals surface area contributed by atoms with E-state index in [1.165, 1.54) is 0 Å². The number of ether oxygens (including phenoxy) is 1. The standard InChI is InChI=1S/C23H28ClN3O3/c1-16-19(24)9-5-10-20(16)26-22(29)27-12-6-11-23(2,15-27)21(28)25-14-17-7-4-8-18(13-17)30-3/h4-5,7-10,13H,6,11-12,14-15H2,1-3H3,(H,25,28)(H,26,29)/t23-/m1/s1. The molecule has 7 heteroatoms. The van der Waals surface area contributed by atoms with Crippen molar-refractivity contribution < 1.29 is 14.3 Å². The number of amides is 3. The molecule has 2 aromatic rings. The second-order valence-electron chi connectivity index (χ2n) is 7.96. The molecule has 160 valence electrons. The average molecular weight is 430 g/mol. The first-order valence-corrected chi connectivity index (χ1v) is 10.4. The fourth-order valence-electron chi connectivity index (χ4n) is 3.71. The Morgan fingerprint density at radius 2 is 2.00 bits per heavy atom. The smallest absolute Gasteiger partial charge is 0.321 e. The highest BCUT2D eigenvalue weighted by molar-refractivity contribution is 6.31. The minimum absolute atomic E-state index is 0.0539. The Balaban J connectivity index is 1.62. The molecule has 1 atom stereocenters. The first kappa shape index (κ1) is 22.0. The van der Waals surface area contributed by atoms with Gasteiger partial charge in [0, 0.05) is 30.3 Å². The molecule has 0 aromatic heterocycles. The number of likely N-dealkylation sites (tertiary alicyclic amines) is 1. The van der Waals surface area contributed by atoms with Gasteiger partial charge in [-0.3, -0.25) is 4.79 Å². The predicted molar refractivity (Wildman–Crippen MR) is 119 cm³/mol. The van der Waals surface area contributed by atoms with Gasteiger partial charge in [-0.2, -0.15) is 0 Å². The maximum Gasteiger partial charge on any atom is 0.321 e. The van der Waals surface area contributed by atoms with Crippen molar-refractivity contribution in [3.63, 3.8) is 0 Å². The van der Waals surface area contributed by atoms with Crippen molar-refractivity contribution >= 4 is 29.2 Å². The van der Waals surface area contributed by atoms with Gasteiger partial charge in [-0.25, -0.2) is 4.79 Å². The molecule has 3 rings (SSSR count). The minimum Gasteiger partial charge on any atom is -0.497 e. The van der Waals surface area contributed by atoms with Crippen molar-refractivity contribution in [1.29, 1.82) is 0 Å². The zero-order chi connectivity index (χ0) is 21.7. The summed E-state index contributed by atoms with van der Waals surface area (Å²) >= 11 is 6.15. The average Bonchev–Trinajstić information content (AvgIpc) is 2.75. The SMILES string of the molecule is COc1cccc(CNC(=O)[C@]2(C)CCCN(C(=O)Nc3cccc(Cl)c3C)C2)c1. The van der Waals surface area contributed by atoms with Gasteiger partial charge in [0.25, 0.3) is 0 Å². The van der Waals surface area contributed by atoms with Crippen LogP contribution in [0.1, 0.15) is 30.9 Å². The number of piperidine rings is 1. The molecule has 2 N–H and O–H groups in total. The lowest BCUT2D eigenvalue weighted by atomic mass is 9.81. The van der Waals surface area contributed by atoms with E-state index in [2.05, 4.69) is 10.6 Å². The van der Waals surface area contributed by atoms with Crippen molar-refractivity contribution in [1.82, 2.24) is 10.2 Å². The van der Waals surface area contributed by atoms with E-state index in [9.17, 15) is 9.59 Å². The summed E-state index contributed by atoms with van der Waals surface area (Å²) in [4.78, 5) is 27.5. The molecule has 0 saturated carbocycles. The number of carbonyl (C=O) groups excluding carboxylic acids is 2. The third-order valence-corrected chi connectivity index (χ3v) is 6.04. The van der Waals surface area contributed by atoms with Crippen LogP contribution in [0.2, 0.25) is 5.02 Å². The maximum atomic E-state index is 13.0. The molecule has 0 unspecified atom stereocenters. The third kappa shape index (κ3) is 5.05. The van der Waals surface area contributed by atoms with Crippen molar-refractivity contribution in [3.05, 3.63) is 58.6 Å². The Hall–Kier alpha value is -2.73. The fraction of sp³-hybridized carbons (Fsp3) is 0.391. The van der Waals surface area contributed by atoms with Crippen molar-refractivity contribution in [2.75, 3.05) is 25.5 Å². The molecule has 1 aliphatic heterocycles. The molecule has 0 bridgehead atoms. The molecule has 1 heterocycles. The van der Waals surface area contributed by atoms with Gasteiger partial charge in [-0.05, 0) is 62.1 Å². The number of halogens is 1. The van der Waals surface area contributed by atoms with Gasteiger partial charge in [0.05, 0.1) is 12.5 Å². The number of urea groups is 1. The quantitative estimate of drug-likeness (QED) is 0.729. The van der Waals surface area contributed by atoms with Gasteiger partial charge < -0.3 is 20.3 Å². The summed E-state index contributed by atoms with van der Waals surface area (Å²) in [5.41, 5.74) is 1.83. The fourth-order valence-corrected chi connectivity index (χ4v) is 3.89. The highest BCUT2D eigenvalue weighted by Gasteiger charge is 2.39. The summed E-state index contributed by atoms with van der Waals surface area (Å²) in [7, 11) is 1.62. The second-order valence-corrected chi connectivity index (χ2v) is 8.37. The van der Waals surface area contributed by atoms with E-state index in [4.69, 9.17) is 16.3 Å². The minimum atomic E-state index is -0.641. The van der Waals surface area contributed by atoms with Crippen LogP contribution in [0.25, 0.3) is 0 Å².